The molecule has 0 aliphatic carbocycles. The summed E-state index contributed by atoms with van der Waals surface area (Å²) in [6.45, 7) is 10.1. The lowest BCUT2D eigenvalue weighted by Gasteiger charge is -2.17. The van der Waals surface area contributed by atoms with Gasteiger partial charge in [-0.15, -0.1) is 0 Å². The van der Waals surface area contributed by atoms with E-state index in [1.165, 1.54) is 22.2 Å². The van der Waals surface area contributed by atoms with Gasteiger partial charge in [0.2, 0.25) is 0 Å². The highest BCUT2D eigenvalue weighted by Gasteiger charge is 2.08. The van der Waals surface area contributed by atoms with Crippen molar-refractivity contribution in [1.82, 2.24) is 9.88 Å². The molecule has 0 amide bonds. The predicted octanol–water partition coefficient (Wildman–Crippen LogP) is 3.36. The van der Waals surface area contributed by atoms with Crippen LogP contribution >= 0.6 is 0 Å². The fourth-order valence-electron chi connectivity index (χ4n) is 2.47. The van der Waals surface area contributed by atoms with Crippen molar-refractivity contribution in [1.29, 1.82) is 0 Å². The van der Waals surface area contributed by atoms with Crippen molar-refractivity contribution < 1.29 is 0 Å². The molecule has 1 aromatic carbocycles. The summed E-state index contributed by atoms with van der Waals surface area (Å²) in [6, 6.07) is 8.59. The van der Waals surface area contributed by atoms with E-state index in [1.54, 1.807) is 0 Å². The summed E-state index contributed by atoms with van der Waals surface area (Å²) < 4.78 is 0. The van der Waals surface area contributed by atoms with E-state index in [2.05, 4.69) is 54.9 Å². The number of para-hydroxylation sites is 1. The van der Waals surface area contributed by atoms with Crippen LogP contribution in [0.2, 0.25) is 0 Å². The molecule has 2 heteroatoms. The monoisotopic (exact) mass is 230 g/mol. The maximum Gasteiger partial charge on any atom is 0.0458 e. The third-order valence-electron chi connectivity index (χ3n) is 3.60. The van der Waals surface area contributed by atoms with Crippen LogP contribution in [-0.2, 0) is 6.42 Å². The van der Waals surface area contributed by atoms with Gasteiger partial charge in [-0.05, 0) is 38.1 Å². The first-order chi connectivity index (χ1) is 8.26. The van der Waals surface area contributed by atoms with Gasteiger partial charge in [-0.2, -0.15) is 0 Å². The molecular formula is C15H22N2. The van der Waals surface area contributed by atoms with E-state index in [-0.39, 0.29) is 0 Å². The summed E-state index contributed by atoms with van der Waals surface area (Å²) in [5, 5.41) is 1.39. The highest BCUT2D eigenvalue weighted by atomic mass is 15.1. The average Bonchev–Trinajstić information content (AvgIpc) is 2.67. The number of likely N-dealkylation sites (N-methyl/N-ethyl adjacent to an activating group) is 1. The number of nitrogens with one attached hydrogen (secondary N) is 1. The number of aryl methyl sites for hydroxylation is 1. The van der Waals surface area contributed by atoms with Crippen LogP contribution in [0.1, 0.15) is 25.1 Å². The quantitative estimate of drug-likeness (QED) is 0.834. The second kappa shape index (κ2) is 5.37. The number of rotatable bonds is 5. The Balaban J connectivity index is 2.20. The third kappa shape index (κ3) is 2.52. The van der Waals surface area contributed by atoms with Crippen LogP contribution in [0.15, 0.2) is 24.3 Å². The van der Waals surface area contributed by atoms with Crippen molar-refractivity contribution in [2.24, 2.45) is 0 Å². The second-order valence-corrected chi connectivity index (χ2v) is 4.55. The third-order valence-corrected chi connectivity index (χ3v) is 3.60. The van der Waals surface area contributed by atoms with Gasteiger partial charge in [-0.3, -0.25) is 0 Å². The number of aromatic amines is 1. The van der Waals surface area contributed by atoms with Gasteiger partial charge in [0.15, 0.2) is 0 Å². The number of nitrogens with zero attached hydrogens (tertiary/aromatic N) is 1. The fourth-order valence-corrected chi connectivity index (χ4v) is 2.47. The number of aromatic nitrogens is 1. The largest absolute Gasteiger partial charge is 0.358 e. The molecule has 2 rings (SSSR count). The Morgan fingerprint density at radius 3 is 2.53 bits per heavy atom. The summed E-state index contributed by atoms with van der Waals surface area (Å²) in [5.74, 6) is 0. The second-order valence-electron chi connectivity index (χ2n) is 4.55. The van der Waals surface area contributed by atoms with E-state index >= 15 is 0 Å². The maximum atomic E-state index is 3.47. The topological polar surface area (TPSA) is 19.0 Å². The molecular weight excluding hydrogens is 208 g/mol. The zero-order valence-electron chi connectivity index (χ0n) is 11.1. The molecule has 0 aliphatic heterocycles. The molecule has 0 radical (unpaired) electrons. The molecule has 0 unspecified atom stereocenters. The first-order valence-electron chi connectivity index (χ1n) is 6.54. The molecule has 0 saturated heterocycles. The van der Waals surface area contributed by atoms with Crippen LogP contribution in [0.4, 0.5) is 0 Å². The summed E-state index contributed by atoms with van der Waals surface area (Å²) in [5.41, 5.74) is 4.06. The highest BCUT2D eigenvalue weighted by molar-refractivity contribution is 5.84. The van der Waals surface area contributed by atoms with Crippen LogP contribution in [-0.4, -0.2) is 29.5 Å². The average molecular weight is 230 g/mol. The zero-order chi connectivity index (χ0) is 12.3. The minimum atomic E-state index is 1.14. The lowest BCUT2D eigenvalue weighted by molar-refractivity contribution is 0.308. The van der Waals surface area contributed by atoms with Crippen molar-refractivity contribution in [3.05, 3.63) is 35.5 Å². The van der Waals surface area contributed by atoms with Crippen molar-refractivity contribution in [3.63, 3.8) is 0 Å². The summed E-state index contributed by atoms with van der Waals surface area (Å²) in [4.78, 5) is 5.94. The van der Waals surface area contributed by atoms with Gasteiger partial charge in [0, 0.05) is 23.1 Å². The van der Waals surface area contributed by atoms with Crippen molar-refractivity contribution in [2.75, 3.05) is 19.6 Å². The Morgan fingerprint density at radius 2 is 1.82 bits per heavy atom. The lowest BCUT2D eigenvalue weighted by atomic mass is 10.1. The maximum absolute atomic E-state index is 3.47. The fraction of sp³-hybridized carbons (Fsp3) is 0.467. The Hall–Kier alpha value is -1.28. The summed E-state index contributed by atoms with van der Waals surface area (Å²) in [6.07, 6.45) is 1.14. The number of fused-ring (bicyclic) bond motifs is 1. The first kappa shape index (κ1) is 12.2. The van der Waals surface area contributed by atoms with Gasteiger partial charge in [-0.1, -0.05) is 32.0 Å². The van der Waals surface area contributed by atoms with Crippen LogP contribution in [0.25, 0.3) is 10.9 Å². The minimum absolute atomic E-state index is 1.14. The van der Waals surface area contributed by atoms with Crippen molar-refractivity contribution in [3.8, 4) is 0 Å². The molecule has 0 saturated carbocycles. The van der Waals surface area contributed by atoms with Gasteiger partial charge in [0.1, 0.15) is 0 Å². The molecule has 2 nitrogen and oxygen atoms in total. The molecule has 92 valence electrons. The summed E-state index contributed by atoms with van der Waals surface area (Å²) in [7, 11) is 0. The van der Waals surface area contributed by atoms with Gasteiger partial charge >= 0.3 is 0 Å². The number of H-pyrrole nitrogens is 1. The highest BCUT2D eigenvalue weighted by Crippen LogP contribution is 2.22. The van der Waals surface area contributed by atoms with E-state index in [9.17, 15) is 0 Å². The Labute approximate surface area is 104 Å². The van der Waals surface area contributed by atoms with E-state index in [0.29, 0.717) is 0 Å². The lowest BCUT2D eigenvalue weighted by Crippen LogP contribution is -2.25. The van der Waals surface area contributed by atoms with Crippen LogP contribution < -0.4 is 0 Å². The first-order valence-corrected chi connectivity index (χ1v) is 6.54. The molecule has 0 atom stereocenters. The summed E-state index contributed by atoms with van der Waals surface area (Å²) >= 11 is 0. The number of benzene rings is 1. The van der Waals surface area contributed by atoms with Gasteiger partial charge < -0.3 is 9.88 Å². The molecule has 1 aromatic heterocycles. The van der Waals surface area contributed by atoms with Crippen molar-refractivity contribution in [2.45, 2.75) is 27.2 Å². The van der Waals surface area contributed by atoms with Crippen LogP contribution in [0.3, 0.4) is 0 Å². The molecule has 0 spiro atoms. The number of hydrogen-bond acceptors (Lipinski definition) is 1. The van der Waals surface area contributed by atoms with Crippen molar-refractivity contribution >= 4 is 10.9 Å². The molecule has 2 aromatic rings. The normalized spacial score (nSPS) is 11.5. The Kier molecular flexibility index (Phi) is 3.85. The smallest absolute Gasteiger partial charge is 0.0458 e. The molecule has 1 heterocycles. The minimum Gasteiger partial charge on any atom is -0.358 e. The zero-order valence-corrected chi connectivity index (χ0v) is 11.1. The predicted molar refractivity (Wildman–Crippen MR) is 74.5 cm³/mol. The standard InChI is InChI=1S/C15H22N2/c1-4-17(5-2)11-10-13-12(3)16-15-9-7-6-8-14(13)15/h6-9,16H,4-5,10-11H2,1-3H3. The van der Waals surface area contributed by atoms with E-state index in [0.717, 1.165) is 26.1 Å². The Morgan fingerprint density at radius 1 is 1.12 bits per heavy atom. The van der Waals surface area contributed by atoms with Crippen LogP contribution in [0, 0.1) is 6.92 Å². The number of hydrogen-bond donors (Lipinski definition) is 1. The van der Waals surface area contributed by atoms with E-state index in [1.807, 2.05) is 0 Å². The van der Waals surface area contributed by atoms with Gasteiger partial charge in [0.05, 0.1) is 0 Å². The molecule has 1 N–H and O–H groups in total. The van der Waals surface area contributed by atoms with E-state index < -0.39 is 0 Å². The molecule has 0 aliphatic rings. The van der Waals surface area contributed by atoms with E-state index in [4.69, 9.17) is 0 Å². The van der Waals surface area contributed by atoms with Gasteiger partial charge in [-0.25, -0.2) is 0 Å². The molecule has 17 heavy (non-hydrogen) atoms. The molecule has 0 fully saturated rings. The SMILES string of the molecule is CCN(CC)CCc1c(C)[nH]c2ccccc12. The molecule has 0 bridgehead atoms. The van der Waals surface area contributed by atoms with Gasteiger partial charge in [0.25, 0.3) is 0 Å². The Bertz CT molecular complexity index is 481. The van der Waals surface area contributed by atoms with Crippen LogP contribution in [0.5, 0.6) is 0 Å².